The van der Waals surface area contributed by atoms with Gasteiger partial charge in [0.1, 0.15) is 0 Å². The molecule has 1 rings (SSSR count). The predicted molar refractivity (Wildman–Crippen MR) is 70.8 cm³/mol. The maximum absolute atomic E-state index is 11.5. The second-order valence-corrected chi connectivity index (χ2v) is 4.21. The highest BCUT2D eigenvalue weighted by atomic mass is 35.5. The van der Waals surface area contributed by atoms with Gasteiger partial charge in [0.15, 0.2) is 0 Å². The van der Waals surface area contributed by atoms with Gasteiger partial charge in [0.2, 0.25) is 5.91 Å². The first-order valence-corrected chi connectivity index (χ1v) is 6.11. The van der Waals surface area contributed by atoms with Gasteiger partial charge in [-0.25, -0.2) is 4.79 Å². The van der Waals surface area contributed by atoms with E-state index in [-0.39, 0.29) is 12.5 Å². The second kappa shape index (κ2) is 7.58. The van der Waals surface area contributed by atoms with Crippen molar-refractivity contribution in [1.29, 1.82) is 0 Å². The van der Waals surface area contributed by atoms with E-state index in [0.717, 1.165) is 5.69 Å². The van der Waals surface area contributed by atoms with Crippen molar-refractivity contribution < 1.29 is 14.3 Å². The number of aromatic nitrogens is 2. The molecule has 0 atom stereocenters. The number of carbonyl (C=O) groups excluding carboxylic acids is 2. The lowest BCUT2D eigenvalue weighted by atomic mass is 10.4. The van der Waals surface area contributed by atoms with E-state index in [2.05, 4.69) is 15.2 Å². The number of amides is 1. The van der Waals surface area contributed by atoms with Crippen LogP contribution in [0.15, 0.2) is 18.3 Å². The van der Waals surface area contributed by atoms with E-state index in [0.29, 0.717) is 18.0 Å². The lowest BCUT2D eigenvalue weighted by Crippen LogP contribution is -2.24. The van der Waals surface area contributed by atoms with Crippen molar-refractivity contribution in [2.75, 3.05) is 13.7 Å². The van der Waals surface area contributed by atoms with E-state index in [4.69, 9.17) is 11.6 Å². The molecule has 7 heteroatoms. The van der Waals surface area contributed by atoms with Crippen molar-refractivity contribution >= 4 is 23.5 Å². The van der Waals surface area contributed by atoms with E-state index in [9.17, 15) is 9.59 Å². The zero-order chi connectivity index (χ0) is 14.3. The summed E-state index contributed by atoms with van der Waals surface area (Å²) >= 11 is 5.85. The molecule has 0 aliphatic carbocycles. The third-order valence-electron chi connectivity index (χ3n) is 2.33. The number of methoxy groups -OCH3 is 1. The molecule has 104 valence electrons. The van der Waals surface area contributed by atoms with Gasteiger partial charge in [-0.15, -0.1) is 0 Å². The van der Waals surface area contributed by atoms with Crippen molar-refractivity contribution in [2.45, 2.75) is 19.9 Å². The van der Waals surface area contributed by atoms with Crippen LogP contribution >= 0.6 is 11.6 Å². The quantitative estimate of drug-likeness (QED) is 0.627. The van der Waals surface area contributed by atoms with Crippen LogP contribution in [0.5, 0.6) is 0 Å². The molecule has 19 heavy (non-hydrogen) atoms. The summed E-state index contributed by atoms with van der Waals surface area (Å²) < 4.78 is 6.04. The summed E-state index contributed by atoms with van der Waals surface area (Å²) in [5.41, 5.74) is 0.739. The molecule has 1 N–H and O–H groups in total. The predicted octanol–water partition coefficient (Wildman–Crippen LogP) is 1.08. The maximum Gasteiger partial charge on any atom is 0.330 e. The zero-order valence-electron chi connectivity index (χ0n) is 10.9. The molecule has 0 unspecified atom stereocenters. The summed E-state index contributed by atoms with van der Waals surface area (Å²) in [4.78, 5) is 22.2. The minimum atomic E-state index is -0.448. The molecular formula is C12H16ClN3O3. The Morgan fingerprint density at radius 3 is 2.89 bits per heavy atom. The number of ether oxygens (including phenoxy) is 1. The van der Waals surface area contributed by atoms with Gasteiger partial charge in [-0.1, -0.05) is 17.7 Å². The van der Waals surface area contributed by atoms with Crippen LogP contribution in [0.3, 0.4) is 0 Å². The van der Waals surface area contributed by atoms with Gasteiger partial charge in [-0.2, -0.15) is 5.10 Å². The molecule has 0 aliphatic heterocycles. The van der Waals surface area contributed by atoms with Crippen LogP contribution in [0.1, 0.15) is 12.1 Å². The highest BCUT2D eigenvalue weighted by Gasteiger charge is 2.04. The van der Waals surface area contributed by atoms with Gasteiger partial charge in [0.05, 0.1) is 17.8 Å². The molecule has 0 spiro atoms. The lowest BCUT2D eigenvalue weighted by molar-refractivity contribution is -0.134. The summed E-state index contributed by atoms with van der Waals surface area (Å²) in [6, 6.07) is 0. The van der Waals surface area contributed by atoms with Crippen molar-refractivity contribution in [1.82, 2.24) is 15.1 Å². The minimum Gasteiger partial charge on any atom is -0.466 e. The summed E-state index contributed by atoms with van der Waals surface area (Å²) in [7, 11) is 1.29. The minimum absolute atomic E-state index is 0.126. The highest BCUT2D eigenvalue weighted by Crippen LogP contribution is 2.11. The zero-order valence-corrected chi connectivity index (χ0v) is 11.6. The van der Waals surface area contributed by atoms with E-state index >= 15 is 0 Å². The average molecular weight is 286 g/mol. The molecule has 6 nitrogen and oxygen atoms in total. The lowest BCUT2D eigenvalue weighted by Gasteiger charge is -2.02. The van der Waals surface area contributed by atoms with Crippen LogP contribution in [-0.2, 0) is 20.9 Å². The summed E-state index contributed by atoms with van der Waals surface area (Å²) in [6.45, 7) is 2.55. The van der Waals surface area contributed by atoms with Gasteiger partial charge in [-0.3, -0.25) is 9.48 Å². The third kappa shape index (κ3) is 5.56. The largest absolute Gasteiger partial charge is 0.466 e. The Morgan fingerprint density at radius 2 is 2.32 bits per heavy atom. The van der Waals surface area contributed by atoms with Gasteiger partial charge < -0.3 is 10.1 Å². The molecule has 0 saturated heterocycles. The maximum atomic E-state index is 11.5. The van der Waals surface area contributed by atoms with Gasteiger partial charge in [0.25, 0.3) is 0 Å². The smallest absolute Gasteiger partial charge is 0.330 e. The Kier molecular flexibility index (Phi) is 6.08. The number of nitrogens with zero attached hydrogens (tertiary/aromatic N) is 2. The van der Waals surface area contributed by atoms with E-state index in [1.165, 1.54) is 19.3 Å². The van der Waals surface area contributed by atoms with Crippen LogP contribution in [0.25, 0.3) is 0 Å². The SMILES string of the molecule is COC(=O)/C=C/CNC(=O)CCn1cc(Cl)c(C)n1. The molecule has 0 aliphatic rings. The number of halogens is 1. The highest BCUT2D eigenvalue weighted by molar-refractivity contribution is 6.31. The number of nitrogens with one attached hydrogen (secondary N) is 1. The van der Waals surface area contributed by atoms with Gasteiger partial charge in [-0.05, 0) is 6.92 Å². The molecular weight excluding hydrogens is 270 g/mol. The Labute approximate surface area is 116 Å². The van der Waals surface area contributed by atoms with Gasteiger partial charge >= 0.3 is 5.97 Å². The summed E-state index contributed by atoms with van der Waals surface area (Å²) in [5.74, 6) is -0.574. The third-order valence-corrected chi connectivity index (χ3v) is 2.70. The fraction of sp³-hybridized carbons (Fsp3) is 0.417. The molecule has 0 radical (unpaired) electrons. The monoisotopic (exact) mass is 285 g/mol. The van der Waals surface area contributed by atoms with Crippen LogP contribution < -0.4 is 5.32 Å². The number of carbonyl (C=O) groups is 2. The first-order chi connectivity index (χ1) is 9.02. The van der Waals surface area contributed by atoms with Crippen LogP contribution in [0.2, 0.25) is 5.02 Å². The van der Waals surface area contributed by atoms with Crippen molar-refractivity contribution in [2.24, 2.45) is 0 Å². The van der Waals surface area contributed by atoms with Crippen molar-refractivity contribution in [3.05, 3.63) is 29.1 Å². The molecule has 1 aromatic heterocycles. The Hall–Kier alpha value is -1.82. The molecule has 1 aromatic rings. The van der Waals surface area contributed by atoms with Crippen LogP contribution in [0.4, 0.5) is 0 Å². The van der Waals surface area contributed by atoms with E-state index in [1.807, 2.05) is 0 Å². The van der Waals surface area contributed by atoms with Crippen LogP contribution in [-0.4, -0.2) is 35.3 Å². The van der Waals surface area contributed by atoms with E-state index in [1.54, 1.807) is 17.8 Å². The van der Waals surface area contributed by atoms with Crippen LogP contribution in [0, 0.1) is 6.92 Å². The molecule has 0 aromatic carbocycles. The molecule has 0 bridgehead atoms. The fourth-order valence-corrected chi connectivity index (χ4v) is 1.46. The molecule has 1 amide bonds. The van der Waals surface area contributed by atoms with Gasteiger partial charge in [0, 0.05) is 31.8 Å². The number of hydrogen-bond donors (Lipinski definition) is 1. The van der Waals surface area contributed by atoms with Crippen molar-refractivity contribution in [3.63, 3.8) is 0 Å². The summed E-state index contributed by atoms with van der Waals surface area (Å²) in [6.07, 6.45) is 4.76. The molecule has 0 saturated carbocycles. The average Bonchev–Trinajstić information content (AvgIpc) is 2.71. The number of aryl methyl sites for hydroxylation is 2. The number of rotatable bonds is 6. The van der Waals surface area contributed by atoms with Crippen molar-refractivity contribution in [3.8, 4) is 0 Å². The Bertz CT molecular complexity index is 463. The Morgan fingerprint density at radius 1 is 1.58 bits per heavy atom. The van der Waals surface area contributed by atoms with E-state index < -0.39 is 5.97 Å². The fourth-order valence-electron chi connectivity index (χ4n) is 1.31. The normalized spacial score (nSPS) is 10.7. The topological polar surface area (TPSA) is 73.2 Å². The second-order valence-electron chi connectivity index (χ2n) is 3.81. The standard InChI is InChI=1S/C12H16ClN3O3/c1-9-10(13)8-16(15-9)7-5-11(17)14-6-3-4-12(18)19-2/h3-4,8H,5-7H2,1-2H3,(H,14,17)/b4-3+. The number of esters is 1. The Balaban J connectivity index is 2.25. The summed E-state index contributed by atoms with van der Waals surface area (Å²) in [5, 5.41) is 7.37. The molecule has 0 fully saturated rings. The molecule has 1 heterocycles. The first-order valence-electron chi connectivity index (χ1n) is 5.73. The number of hydrogen-bond acceptors (Lipinski definition) is 4. The first kappa shape index (κ1) is 15.2.